The van der Waals surface area contributed by atoms with Crippen molar-refractivity contribution in [3.05, 3.63) is 42.2 Å². The highest BCUT2D eigenvalue weighted by atomic mass is 32.2. The lowest BCUT2D eigenvalue weighted by molar-refractivity contribution is -0.156. The quantitative estimate of drug-likeness (QED) is 0.534. The molecule has 1 amide bonds. The van der Waals surface area contributed by atoms with Crippen molar-refractivity contribution < 1.29 is 22.2 Å². The number of carbonyl (C=O) groups excluding carboxylic acids is 2. The van der Waals surface area contributed by atoms with E-state index >= 15 is 0 Å². The Morgan fingerprint density at radius 1 is 1.31 bits per heavy atom. The van der Waals surface area contributed by atoms with Crippen LogP contribution in [-0.2, 0) is 23.9 Å². The van der Waals surface area contributed by atoms with Crippen LogP contribution in [0.5, 0.6) is 0 Å². The Bertz CT molecular complexity index is 1050. The lowest BCUT2D eigenvalue weighted by Crippen LogP contribution is -2.68. The maximum atomic E-state index is 12.8. The molecule has 2 saturated heterocycles. The van der Waals surface area contributed by atoms with E-state index in [4.69, 9.17) is 4.18 Å². The fourth-order valence-electron chi connectivity index (χ4n) is 3.52. The van der Waals surface area contributed by atoms with E-state index in [9.17, 15) is 18.0 Å². The van der Waals surface area contributed by atoms with E-state index in [1.165, 1.54) is 28.8 Å². The molecule has 29 heavy (non-hydrogen) atoms. The van der Waals surface area contributed by atoms with Crippen LogP contribution in [0.2, 0.25) is 0 Å². The van der Waals surface area contributed by atoms with Crippen molar-refractivity contribution in [2.75, 3.05) is 5.32 Å². The van der Waals surface area contributed by atoms with Gasteiger partial charge in [-0.1, -0.05) is 17.7 Å². The molecule has 0 spiro atoms. The first-order valence-electron chi connectivity index (χ1n) is 8.91. The largest absolute Gasteiger partial charge is 0.346 e. The Hall–Kier alpha value is -2.53. The summed E-state index contributed by atoms with van der Waals surface area (Å²) in [4.78, 5) is 33.7. The van der Waals surface area contributed by atoms with Gasteiger partial charge in [-0.25, -0.2) is 9.78 Å². The molecule has 3 unspecified atom stereocenters. The van der Waals surface area contributed by atoms with E-state index in [1.54, 1.807) is 38.4 Å². The summed E-state index contributed by atoms with van der Waals surface area (Å²) in [6.45, 7) is 5.40. The number of imidazole rings is 1. The van der Waals surface area contributed by atoms with Gasteiger partial charge in [0.2, 0.25) is 11.9 Å². The van der Waals surface area contributed by atoms with Gasteiger partial charge in [-0.3, -0.25) is 4.79 Å². The number of aromatic nitrogens is 2. The van der Waals surface area contributed by atoms with Crippen LogP contribution in [-0.4, -0.2) is 57.4 Å². The predicted octanol–water partition coefficient (Wildman–Crippen LogP) is 1.49. The first-order valence-corrected chi connectivity index (χ1v) is 11.2. The number of anilines is 1. The number of aromatic amines is 1. The summed E-state index contributed by atoms with van der Waals surface area (Å²) in [5.74, 6) is -0.816. The summed E-state index contributed by atoms with van der Waals surface area (Å²) < 4.78 is 29.2. The number of H-pyrrole nitrogens is 1. The second kappa shape index (κ2) is 6.77. The van der Waals surface area contributed by atoms with Crippen LogP contribution in [0.25, 0.3) is 0 Å². The van der Waals surface area contributed by atoms with Crippen molar-refractivity contribution in [2.24, 2.45) is 0 Å². The number of hydrogen-bond acceptors (Lipinski definition) is 8. The third-order valence-corrected chi connectivity index (χ3v) is 7.76. The van der Waals surface area contributed by atoms with E-state index in [0.29, 0.717) is 5.95 Å². The number of β-lactam (4-membered cyclic amide) rings is 1. The lowest BCUT2D eigenvalue weighted by Gasteiger charge is -2.43. The fourth-order valence-corrected chi connectivity index (χ4v) is 6.02. The normalized spacial score (nSPS) is 25.3. The summed E-state index contributed by atoms with van der Waals surface area (Å²) in [6, 6.07) is 4.43. The molecule has 0 radical (unpaired) electrons. The summed E-state index contributed by atoms with van der Waals surface area (Å²) in [5.41, 5.74) is 0.882. The van der Waals surface area contributed by atoms with Crippen LogP contribution < -0.4 is 5.32 Å². The van der Waals surface area contributed by atoms with Gasteiger partial charge in [0, 0.05) is 17.1 Å². The number of nitrogens with one attached hydrogen (secondary N) is 2. The number of fused-ring (bicyclic) bond motifs is 1. The minimum Gasteiger partial charge on any atom is -0.341 e. The fraction of sp³-hybridized carbons (Fsp3) is 0.389. The maximum absolute atomic E-state index is 12.8. The van der Waals surface area contributed by atoms with Crippen molar-refractivity contribution >= 4 is 39.7 Å². The predicted molar refractivity (Wildman–Crippen MR) is 107 cm³/mol. The molecule has 3 atom stereocenters. The number of benzene rings is 1. The number of rotatable bonds is 5. The Labute approximate surface area is 172 Å². The van der Waals surface area contributed by atoms with Gasteiger partial charge in [-0.15, -0.1) is 11.8 Å². The zero-order chi connectivity index (χ0) is 21.0. The smallest absolute Gasteiger partial charge is 0.341 e. The maximum Gasteiger partial charge on any atom is 0.346 e. The highest BCUT2D eigenvalue weighted by Crippen LogP contribution is 2.51. The highest BCUT2D eigenvalue weighted by Gasteiger charge is 2.64. The summed E-state index contributed by atoms with van der Waals surface area (Å²) >= 11 is 1.42. The molecule has 2 aromatic rings. The van der Waals surface area contributed by atoms with E-state index in [-0.39, 0.29) is 16.2 Å². The van der Waals surface area contributed by atoms with E-state index in [2.05, 4.69) is 15.3 Å². The first-order chi connectivity index (χ1) is 13.6. The van der Waals surface area contributed by atoms with Gasteiger partial charge < -0.3 is 19.4 Å². The van der Waals surface area contributed by atoms with Crippen LogP contribution >= 0.6 is 11.8 Å². The Balaban J connectivity index is 1.53. The number of hydrogen-bond donors (Lipinski definition) is 2. The molecule has 2 aliphatic rings. The lowest BCUT2D eigenvalue weighted by atomic mass is 9.96. The SMILES string of the molecule is Cc1ccc(S(=O)(=O)OC(=O)C2N3C(=O)C(Nc4ncc[nH]4)C3SC2(C)C)cc1. The van der Waals surface area contributed by atoms with Crippen LogP contribution in [0.4, 0.5) is 5.95 Å². The molecule has 1 aromatic carbocycles. The molecule has 2 fully saturated rings. The average molecular weight is 437 g/mol. The molecule has 0 bridgehead atoms. The molecule has 11 heteroatoms. The summed E-state index contributed by atoms with van der Waals surface area (Å²) in [5, 5.41) is 2.68. The van der Waals surface area contributed by atoms with Crippen molar-refractivity contribution in [3.63, 3.8) is 0 Å². The second-order valence-electron chi connectivity index (χ2n) is 7.49. The van der Waals surface area contributed by atoms with Crippen molar-refractivity contribution in [1.29, 1.82) is 0 Å². The third-order valence-electron chi connectivity index (χ3n) is 4.96. The van der Waals surface area contributed by atoms with Crippen LogP contribution in [0.3, 0.4) is 0 Å². The first kappa shape index (κ1) is 19.8. The topological polar surface area (TPSA) is 121 Å². The molecule has 3 heterocycles. The highest BCUT2D eigenvalue weighted by molar-refractivity contribution is 8.01. The summed E-state index contributed by atoms with van der Waals surface area (Å²) in [6.07, 6.45) is 3.19. The molecule has 2 aliphatic heterocycles. The Morgan fingerprint density at radius 3 is 2.62 bits per heavy atom. The number of nitrogens with zero attached hydrogens (tertiary/aromatic N) is 2. The monoisotopic (exact) mass is 436 g/mol. The van der Waals surface area contributed by atoms with Crippen molar-refractivity contribution in [3.8, 4) is 0 Å². The second-order valence-corrected chi connectivity index (χ2v) is 10.8. The van der Waals surface area contributed by atoms with Crippen molar-refractivity contribution in [2.45, 2.75) is 47.9 Å². The minimum absolute atomic E-state index is 0.108. The van der Waals surface area contributed by atoms with Crippen LogP contribution in [0, 0.1) is 6.92 Å². The van der Waals surface area contributed by atoms with E-state index in [1.807, 2.05) is 6.92 Å². The van der Waals surface area contributed by atoms with E-state index < -0.39 is 32.9 Å². The van der Waals surface area contributed by atoms with Gasteiger partial charge in [0.15, 0.2) is 0 Å². The zero-order valence-corrected chi connectivity index (χ0v) is 17.6. The number of aryl methyl sites for hydroxylation is 1. The molecule has 1 aromatic heterocycles. The summed E-state index contributed by atoms with van der Waals surface area (Å²) in [7, 11) is -4.28. The van der Waals surface area contributed by atoms with Crippen LogP contribution in [0.15, 0.2) is 41.6 Å². The molecule has 2 N–H and O–H groups in total. The Morgan fingerprint density at radius 2 is 2.00 bits per heavy atom. The molecule has 0 saturated carbocycles. The molecule has 0 aliphatic carbocycles. The average Bonchev–Trinajstić information content (AvgIpc) is 3.23. The number of thioether (sulfide) groups is 1. The van der Waals surface area contributed by atoms with Gasteiger partial charge in [0.05, 0.1) is 0 Å². The number of carbonyl (C=O) groups is 2. The molecule has 9 nitrogen and oxygen atoms in total. The van der Waals surface area contributed by atoms with Crippen molar-refractivity contribution in [1.82, 2.24) is 14.9 Å². The third kappa shape index (κ3) is 3.38. The molecule has 4 rings (SSSR count). The standard InChI is InChI=1S/C18H20N4O5S2/c1-10-4-6-11(7-5-10)29(25,26)27-16(24)13-18(2,3)28-15-12(14(23)22(13)15)21-17-19-8-9-20-17/h4-9,12-13,15H,1-3H3,(H2,19,20,21). The van der Waals surface area contributed by atoms with Crippen LogP contribution in [0.1, 0.15) is 19.4 Å². The molecular formula is C18H20N4O5S2. The Kier molecular flexibility index (Phi) is 4.61. The number of amides is 1. The minimum atomic E-state index is -4.28. The molecular weight excluding hydrogens is 416 g/mol. The van der Waals surface area contributed by atoms with Gasteiger partial charge in [0.25, 0.3) is 0 Å². The van der Waals surface area contributed by atoms with Gasteiger partial charge in [-0.05, 0) is 32.9 Å². The zero-order valence-electron chi connectivity index (χ0n) is 15.9. The van der Waals surface area contributed by atoms with Gasteiger partial charge in [0.1, 0.15) is 22.4 Å². The van der Waals surface area contributed by atoms with Gasteiger partial charge in [-0.2, -0.15) is 8.42 Å². The molecule has 154 valence electrons. The van der Waals surface area contributed by atoms with E-state index in [0.717, 1.165) is 5.56 Å². The van der Waals surface area contributed by atoms with Gasteiger partial charge >= 0.3 is 16.1 Å².